The maximum atomic E-state index is 13.3. The van der Waals surface area contributed by atoms with Crippen LogP contribution in [0.3, 0.4) is 0 Å². The van der Waals surface area contributed by atoms with Crippen molar-refractivity contribution in [1.82, 2.24) is 4.90 Å². The van der Waals surface area contributed by atoms with Gasteiger partial charge in [-0.3, -0.25) is 0 Å². The van der Waals surface area contributed by atoms with Gasteiger partial charge in [0, 0.05) is 6.04 Å². The maximum absolute atomic E-state index is 13.3. The molecular weight excluding hydrogens is 289 g/mol. The van der Waals surface area contributed by atoms with Crippen molar-refractivity contribution in [2.45, 2.75) is 31.7 Å². The van der Waals surface area contributed by atoms with Crippen LogP contribution in [0.25, 0.3) is 0 Å². The Balaban J connectivity index is 1.93. The number of piperidine rings is 1. The molecular formula is C17H21ClFNO. The molecule has 0 bridgehead atoms. The highest BCUT2D eigenvalue weighted by Gasteiger charge is 2.18. The standard InChI is InChI=1S/C17H21ClFNO/c1-20-11-3-2-6-16(20)9-12-21-17-8-7-15(19)13-14(17)5-4-10-18/h7-8,13,16H,2-3,6,9-12H2,1H3. The summed E-state index contributed by atoms with van der Waals surface area (Å²) in [4.78, 5) is 2.39. The minimum absolute atomic E-state index is 0.225. The molecule has 0 saturated carbocycles. The highest BCUT2D eigenvalue weighted by Crippen LogP contribution is 2.21. The van der Waals surface area contributed by atoms with Gasteiger partial charge in [-0.1, -0.05) is 18.3 Å². The van der Waals surface area contributed by atoms with E-state index in [1.54, 1.807) is 6.07 Å². The minimum Gasteiger partial charge on any atom is -0.492 e. The van der Waals surface area contributed by atoms with Crippen LogP contribution in [-0.2, 0) is 0 Å². The lowest BCUT2D eigenvalue weighted by Gasteiger charge is -2.32. The van der Waals surface area contributed by atoms with E-state index in [9.17, 15) is 4.39 Å². The molecule has 0 aromatic heterocycles. The predicted octanol–water partition coefficient (Wildman–Crippen LogP) is 3.67. The van der Waals surface area contributed by atoms with E-state index in [-0.39, 0.29) is 11.7 Å². The molecule has 1 aromatic rings. The zero-order valence-corrected chi connectivity index (χ0v) is 13.1. The van der Waals surface area contributed by atoms with Gasteiger partial charge in [0.1, 0.15) is 11.6 Å². The molecule has 0 N–H and O–H groups in total. The number of rotatable bonds is 4. The van der Waals surface area contributed by atoms with Crippen LogP contribution >= 0.6 is 11.6 Å². The molecule has 1 aliphatic heterocycles. The van der Waals surface area contributed by atoms with Crippen LogP contribution in [-0.4, -0.2) is 37.0 Å². The van der Waals surface area contributed by atoms with E-state index < -0.39 is 0 Å². The highest BCUT2D eigenvalue weighted by molar-refractivity contribution is 6.19. The van der Waals surface area contributed by atoms with Gasteiger partial charge in [0.25, 0.3) is 0 Å². The highest BCUT2D eigenvalue weighted by atomic mass is 35.5. The molecule has 0 radical (unpaired) electrons. The maximum Gasteiger partial charge on any atom is 0.135 e. The summed E-state index contributed by atoms with van der Waals surface area (Å²) < 4.78 is 19.1. The second kappa shape index (κ2) is 8.26. The number of ether oxygens (including phenoxy) is 1. The second-order valence-electron chi connectivity index (χ2n) is 5.34. The Morgan fingerprint density at radius 2 is 2.29 bits per heavy atom. The summed E-state index contributed by atoms with van der Waals surface area (Å²) in [5.41, 5.74) is 0.563. The van der Waals surface area contributed by atoms with E-state index in [4.69, 9.17) is 16.3 Å². The van der Waals surface area contributed by atoms with Gasteiger partial charge in [-0.25, -0.2) is 4.39 Å². The van der Waals surface area contributed by atoms with Crippen LogP contribution in [0.15, 0.2) is 18.2 Å². The van der Waals surface area contributed by atoms with Crippen molar-refractivity contribution in [1.29, 1.82) is 0 Å². The number of nitrogens with zero attached hydrogens (tertiary/aromatic N) is 1. The SMILES string of the molecule is CN1CCCCC1CCOc1ccc(F)cc1C#CCCl. The molecule has 1 unspecified atom stereocenters. The summed E-state index contributed by atoms with van der Waals surface area (Å²) in [6.07, 6.45) is 4.78. The lowest BCUT2D eigenvalue weighted by atomic mass is 10.0. The van der Waals surface area contributed by atoms with Crippen LogP contribution in [0, 0.1) is 17.7 Å². The Kier molecular flexibility index (Phi) is 6.35. The third-order valence-corrected chi connectivity index (χ3v) is 4.00. The van der Waals surface area contributed by atoms with Gasteiger partial charge in [0.15, 0.2) is 0 Å². The molecule has 2 rings (SSSR count). The summed E-state index contributed by atoms with van der Waals surface area (Å²) in [6.45, 7) is 1.78. The number of alkyl halides is 1. The molecule has 1 aliphatic rings. The summed E-state index contributed by atoms with van der Waals surface area (Å²) in [5.74, 6) is 6.13. The zero-order chi connectivity index (χ0) is 15.1. The molecule has 21 heavy (non-hydrogen) atoms. The van der Waals surface area contributed by atoms with Gasteiger partial charge < -0.3 is 9.64 Å². The monoisotopic (exact) mass is 309 g/mol. The third-order valence-electron chi connectivity index (χ3n) is 3.86. The van der Waals surface area contributed by atoms with E-state index in [2.05, 4.69) is 23.8 Å². The molecule has 1 fully saturated rings. The van der Waals surface area contributed by atoms with Gasteiger partial charge in [-0.15, -0.1) is 11.6 Å². The quantitative estimate of drug-likeness (QED) is 0.621. The second-order valence-corrected chi connectivity index (χ2v) is 5.61. The Morgan fingerprint density at radius 1 is 1.43 bits per heavy atom. The average Bonchev–Trinajstić information content (AvgIpc) is 2.49. The van der Waals surface area contributed by atoms with Crippen molar-refractivity contribution >= 4 is 11.6 Å². The Morgan fingerprint density at radius 3 is 3.05 bits per heavy atom. The Hall–Kier alpha value is -1.24. The van der Waals surface area contributed by atoms with Gasteiger partial charge in [-0.2, -0.15) is 0 Å². The van der Waals surface area contributed by atoms with Crippen LogP contribution in [0.2, 0.25) is 0 Å². The smallest absolute Gasteiger partial charge is 0.135 e. The van der Waals surface area contributed by atoms with Gasteiger partial charge in [0.05, 0.1) is 18.1 Å². The topological polar surface area (TPSA) is 12.5 Å². The van der Waals surface area contributed by atoms with Crippen LogP contribution < -0.4 is 4.74 Å². The first-order valence-electron chi connectivity index (χ1n) is 7.38. The van der Waals surface area contributed by atoms with Crippen molar-refractivity contribution in [3.8, 4) is 17.6 Å². The van der Waals surface area contributed by atoms with Gasteiger partial charge in [-0.05, 0) is 51.1 Å². The Bertz CT molecular complexity index is 523. The molecule has 0 spiro atoms. The first-order chi connectivity index (χ1) is 10.2. The lowest BCUT2D eigenvalue weighted by Crippen LogP contribution is -2.37. The van der Waals surface area contributed by atoms with Crippen molar-refractivity contribution in [3.05, 3.63) is 29.6 Å². The number of benzene rings is 1. The number of hydrogen-bond acceptors (Lipinski definition) is 2. The molecule has 1 aromatic carbocycles. The fraction of sp³-hybridized carbons (Fsp3) is 0.529. The third kappa shape index (κ3) is 4.91. The number of hydrogen-bond donors (Lipinski definition) is 0. The van der Waals surface area contributed by atoms with Gasteiger partial charge >= 0.3 is 0 Å². The largest absolute Gasteiger partial charge is 0.492 e. The summed E-state index contributed by atoms with van der Waals surface area (Å²) in [6, 6.07) is 5.00. The van der Waals surface area contributed by atoms with Crippen LogP contribution in [0.1, 0.15) is 31.2 Å². The lowest BCUT2D eigenvalue weighted by molar-refractivity contribution is 0.153. The van der Waals surface area contributed by atoms with E-state index in [0.29, 0.717) is 24.0 Å². The molecule has 0 aliphatic carbocycles. The van der Waals surface area contributed by atoms with Crippen molar-refractivity contribution in [2.75, 3.05) is 26.1 Å². The van der Waals surface area contributed by atoms with Crippen LogP contribution in [0.4, 0.5) is 4.39 Å². The fourth-order valence-corrected chi connectivity index (χ4v) is 2.73. The van der Waals surface area contributed by atoms with Crippen LogP contribution in [0.5, 0.6) is 5.75 Å². The first-order valence-corrected chi connectivity index (χ1v) is 7.91. The van der Waals surface area contributed by atoms with E-state index >= 15 is 0 Å². The molecule has 114 valence electrons. The average molecular weight is 310 g/mol. The van der Waals surface area contributed by atoms with E-state index in [1.807, 2.05) is 0 Å². The molecule has 4 heteroatoms. The minimum atomic E-state index is -0.312. The van der Waals surface area contributed by atoms with E-state index in [1.165, 1.54) is 31.4 Å². The number of halogens is 2. The van der Waals surface area contributed by atoms with Crippen molar-refractivity contribution in [3.63, 3.8) is 0 Å². The Labute approximate surface area is 131 Å². The molecule has 1 atom stereocenters. The first kappa shape index (κ1) is 16.1. The number of likely N-dealkylation sites (tertiary alicyclic amines) is 1. The predicted molar refractivity (Wildman–Crippen MR) is 84.4 cm³/mol. The molecule has 1 heterocycles. The fourth-order valence-electron chi connectivity index (χ4n) is 2.67. The zero-order valence-electron chi connectivity index (χ0n) is 12.4. The normalized spacial score (nSPS) is 18.9. The molecule has 0 amide bonds. The molecule has 2 nitrogen and oxygen atoms in total. The summed E-state index contributed by atoms with van der Waals surface area (Å²) in [7, 11) is 2.17. The summed E-state index contributed by atoms with van der Waals surface area (Å²) >= 11 is 5.55. The van der Waals surface area contributed by atoms with Crippen molar-refractivity contribution in [2.24, 2.45) is 0 Å². The summed E-state index contributed by atoms with van der Waals surface area (Å²) in [5, 5.41) is 0. The molecule has 1 saturated heterocycles. The van der Waals surface area contributed by atoms with Gasteiger partial charge in [0.2, 0.25) is 0 Å². The van der Waals surface area contributed by atoms with Crippen molar-refractivity contribution < 1.29 is 9.13 Å². The van der Waals surface area contributed by atoms with E-state index in [0.717, 1.165) is 13.0 Å².